The van der Waals surface area contributed by atoms with Gasteiger partial charge in [0, 0.05) is 5.92 Å². The predicted octanol–water partition coefficient (Wildman–Crippen LogP) is 6.81. The van der Waals surface area contributed by atoms with Gasteiger partial charge in [-0.1, -0.05) is 65.5 Å². The summed E-state index contributed by atoms with van der Waals surface area (Å²) in [7, 11) is 0. The maximum absolute atomic E-state index is 11.4. The molecule has 1 unspecified atom stereocenters. The standard InChI is InChI=1S/C28H46O2/c1-18(2)7-6-8-19(3)22-9-10-23-26-24(12-14-28(22,23)5)27(4)13-11-20(17-29)15-21(27)16-25(26)30/h15,17-20,22-26,30H,6-14,16H2,1-5H3/t19-,20?,22-,23+,24+,25-,26+,27+,28-/m1/s1. The van der Waals surface area contributed by atoms with Crippen LogP contribution < -0.4 is 0 Å². The van der Waals surface area contributed by atoms with Gasteiger partial charge in [0.1, 0.15) is 6.29 Å². The quantitative estimate of drug-likeness (QED) is 0.383. The number of allylic oxidation sites excluding steroid dienone is 1. The Labute approximate surface area is 185 Å². The van der Waals surface area contributed by atoms with Crippen LogP contribution in [0.5, 0.6) is 0 Å². The number of hydrogen-bond acceptors (Lipinski definition) is 2. The number of hydrogen-bond donors (Lipinski definition) is 1. The summed E-state index contributed by atoms with van der Waals surface area (Å²) in [6.45, 7) is 12.3. The number of carbonyl (C=O) groups excluding carboxylic acids is 1. The van der Waals surface area contributed by atoms with Crippen LogP contribution in [0.1, 0.15) is 98.8 Å². The third-order valence-electron chi connectivity index (χ3n) is 10.5. The van der Waals surface area contributed by atoms with E-state index in [1.54, 1.807) is 0 Å². The molecular weight excluding hydrogens is 368 g/mol. The molecule has 170 valence electrons. The lowest BCUT2D eigenvalue weighted by molar-refractivity contribution is -0.118. The van der Waals surface area contributed by atoms with E-state index in [0.29, 0.717) is 23.2 Å². The minimum Gasteiger partial charge on any atom is -0.392 e. The number of carbonyl (C=O) groups is 1. The van der Waals surface area contributed by atoms with Crippen LogP contribution in [0.4, 0.5) is 0 Å². The van der Waals surface area contributed by atoms with Crippen molar-refractivity contribution in [1.82, 2.24) is 0 Å². The third kappa shape index (κ3) is 3.63. The molecule has 4 aliphatic carbocycles. The van der Waals surface area contributed by atoms with Crippen LogP contribution in [0.15, 0.2) is 11.6 Å². The average molecular weight is 415 g/mol. The molecule has 1 N–H and O–H groups in total. The highest BCUT2D eigenvalue weighted by Gasteiger charge is 2.61. The number of rotatable bonds is 6. The predicted molar refractivity (Wildman–Crippen MR) is 124 cm³/mol. The smallest absolute Gasteiger partial charge is 0.126 e. The van der Waals surface area contributed by atoms with Gasteiger partial charge in [-0.15, -0.1) is 0 Å². The Morgan fingerprint density at radius 2 is 1.83 bits per heavy atom. The molecule has 30 heavy (non-hydrogen) atoms. The molecule has 3 saturated carbocycles. The van der Waals surface area contributed by atoms with Gasteiger partial charge in [-0.2, -0.15) is 0 Å². The van der Waals surface area contributed by atoms with Crippen molar-refractivity contribution in [3.8, 4) is 0 Å². The van der Waals surface area contributed by atoms with Crippen molar-refractivity contribution in [2.45, 2.75) is 105 Å². The summed E-state index contributed by atoms with van der Waals surface area (Å²) in [4.78, 5) is 11.4. The van der Waals surface area contributed by atoms with E-state index in [-0.39, 0.29) is 17.4 Å². The van der Waals surface area contributed by atoms with Crippen LogP contribution in [-0.4, -0.2) is 17.5 Å². The molecular formula is C28H46O2. The number of fused-ring (bicyclic) bond motifs is 5. The Morgan fingerprint density at radius 1 is 1.07 bits per heavy atom. The molecule has 2 nitrogen and oxygen atoms in total. The van der Waals surface area contributed by atoms with Crippen molar-refractivity contribution in [2.24, 2.45) is 52.3 Å². The normalized spacial score (nSPS) is 46.6. The molecule has 4 rings (SSSR count). The molecule has 0 amide bonds. The third-order valence-corrected chi connectivity index (χ3v) is 10.5. The molecule has 0 radical (unpaired) electrons. The summed E-state index contributed by atoms with van der Waals surface area (Å²) in [6.07, 6.45) is 15.5. The van der Waals surface area contributed by atoms with Crippen molar-refractivity contribution in [2.75, 3.05) is 0 Å². The zero-order valence-corrected chi connectivity index (χ0v) is 20.2. The van der Waals surface area contributed by atoms with Crippen LogP contribution in [0.25, 0.3) is 0 Å². The van der Waals surface area contributed by atoms with Gasteiger partial charge >= 0.3 is 0 Å². The monoisotopic (exact) mass is 414 g/mol. The summed E-state index contributed by atoms with van der Waals surface area (Å²) >= 11 is 0. The molecule has 0 bridgehead atoms. The highest BCUT2D eigenvalue weighted by Crippen LogP contribution is 2.67. The van der Waals surface area contributed by atoms with Crippen molar-refractivity contribution in [3.05, 3.63) is 11.6 Å². The SMILES string of the molecule is CC(C)CCC[C@@H](C)[C@H]1CC[C@H]2[C@@H]3[C@H](O)CC4=CC(C=O)CC[C@]4(C)[C@H]3CC[C@]12C. The summed E-state index contributed by atoms with van der Waals surface area (Å²) in [5, 5.41) is 11.4. The molecule has 0 aromatic heterocycles. The highest BCUT2D eigenvalue weighted by atomic mass is 16.3. The van der Waals surface area contributed by atoms with Crippen LogP contribution >= 0.6 is 0 Å². The summed E-state index contributed by atoms with van der Waals surface area (Å²) in [6, 6.07) is 0. The summed E-state index contributed by atoms with van der Waals surface area (Å²) in [5.41, 5.74) is 2.03. The van der Waals surface area contributed by atoms with Crippen LogP contribution in [0.2, 0.25) is 0 Å². The number of aliphatic hydroxyl groups is 1. The van der Waals surface area contributed by atoms with E-state index in [0.717, 1.165) is 43.3 Å². The van der Waals surface area contributed by atoms with E-state index in [1.165, 1.54) is 50.5 Å². The second-order valence-electron chi connectivity index (χ2n) is 12.5. The zero-order valence-electron chi connectivity index (χ0n) is 20.2. The van der Waals surface area contributed by atoms with Crippen molar-refractivity contribution >= 4 is 6.29 Å². The first-order valence-electron chi connectivity index (χ1n) is 13.0. The van der Waals surface area contributed by atoms with E-state index >= 15 is 0 Å². The Hall–Kier alpha value is -0.630. The molecule has 2 heteroatoms. The van der Waals surface area contributed by atoms with E-state index < -0.39 is 0 Å². The Kier molecular flexibility index (Phi) is 6.30. The first-order chi connectivity index (χ1) is 14.2. The Balaban J connectivity index is 1.53. The summed E-state index contributed by atoms with van der Waals surface area (Å²) in [5.74, 6) is 4.29. The van der Waals surface area contributed by atoms with E-state index in [2.05, 4.69) is 40.7 Å². The number of aldehydes is 1. The lowest BCUT2D eigenvalue weighted by Crippen LogP contribution is -2.55. The lowest BCUT2D eigenvalue weighted by atomic mass is 9.45. The highest BCUT2D eigenvalue weighted by molar-refractivity contribution is 5.58. The van der Waals surface area contributed by atoms with Gasteiger partial charge < -0.3 is 9.90 Å². The molecule has 0 aromatic rings. The molecule has 9 atom stereocenters. The van der Waals surface area contributed by atoms with Crippen LogP contribution in [-0.2, 0) is 4.79 Å². The van der Waals surface area contributed by atoms with Crippen molar-refractivity contribution in [3.63, 3.8) is 0 Å². The first-order valence-corrected chi connectivity index (χ1v) is 13.0. The maximum atomic E-state index is 11.4. The largest absolute Gasteiger partial charge is 0.392 e. The lowest BCUT2D eigenvalue weighted by Gasteiger charge is -2.60. The fraction of sp³-hybridized carbons (Fsp3) is 0.893. The summed E-state index contributed by atoms with van der Waals surface area (Å²) < 4.78 is 0. The fourth-order valence-electron chi connectivity index (χ4n) is 8.85. The first kappa shape index (κ1) is 22.6. The van der Waals surface area contributed by atoms with Gasteiger partial charge in [0.05, 0.1) is 6.10 Å². The Bertz CT molecular complexity index is 666. The van der Waals surface area contributed by atoms with E-state index in [9.17, 15) is 9.90 Å². The van der Waals surface area contributed by atoms with Crippen molar-refractivity contribution < 1.29 is 9.90 Å². The second kappa shape index (κ2) is 8.38. The molecule has 3 fully saturated rings. The van der Waals surface area contributed by atoms with Gasteiger partial charge in [-0.25, -0.2) is 0 Å². The Morgan fingerprint density at radius 3 is 2.53 bits per heavy atom. The van der Waals surface area contributed by atoms with Crippen molar-refractivity contribution in [1.29, 1.82) is 0 Å². The van der Waals surface area contributed by atoms with E-state index in [4.69, 9.17) is 0 Å². The van der Waals surface area contributed by atoms with Gasteiger partial charge in [-0.05, 0) is 91.3 Å². The van der Waals surface area contributed by atoms with Crippen LogP contribution in [0, 0.1) is 52.3 Å². The maximum Gasteiger partial charge on any atom is 0.126 e. The molecule has 0 heterocycles. The molecule has 0 aromatic carbocycles. The fourth-order valence-corrected chi connectivity index (χ4v) is 8.85. The molecule has 0 aliphatic heterocycles. The molecule has 0 saturated heterocycles. The molecule has 0 spiro atoms. The minimum atomic E-state index is -0.209. The van der Waals surface area contributed by atoms with E-state index in [1.807, 2.05) is 0 Å². The van der Waals surface area contributed by atoms with Gasteiger partial charge in [0.25, 0.3) is 0 Å². The minimum absolute atomic E-state index is 0.0771. The topological polar surface area (TPSA) is 37.3 Å². The average Bonchev–Trinajstić information content (AvgIpc) is 3.05. The van der Waals surface area contributed by atoms with Gasteiger partial charge in [0.15, 0.2) is 0 Å². The van der Waals surface area contributed by atoms with Gasteiger partial charge in [0.2, 0.25) is 0 Å². The molecule has 4 aliphatic rings. The van der Waals surface area contributed by atoms with Crippen LogP contribution in [0.3, 0.4) is 0 Å². The number of aliphatic hydroxyl groups excluding tert-OH is 1. The van der Waals surface area contributed by atoms with Gasteiger partial charge in [-0.3, -0.25) is 0 Å². The second-order valence-corrected chi connectivity index (χ2v) is 12.5. The zero-order chi connectivity index (χ0) is 21.7.